The van der Waals surface area contributed by atoms with Crippen molar-refractivity contribution in [3.63, 3.8) is 0 Å². The zero-order valence-corrected chi connectivity index (χ0v) is 19.0. The van der Waals surface area contributed by atoms with E-state index in [9.17, 15) is 0 Å². The van der Waals surface area contributed by atoms with Gasteiger partial charge >= 0.3 is 0 Å². The minimum Gasteiger partial charge on any atom is -0.477 e. The molecule has 0 atom stereocenters. The van der Waals surface area contributed by atoms with Crippen molar-refractivity contribution in [1.82, 2.24) is 15.6 Å². The van der Waals surface area contributed by atoms with Crippen LogP contribution in [0.15, 0.2) is 23.3 Å². The molecule has 0 bridgehead atoms. The average Bonchev–Trinajstić information content (AvgIpc) is 3.48. The van der Waals surface area contributed by atoms with E-state index in [-0.39, 0.29) is 24.0 Å². The Labute approximate surface area is 180 Å². The first-order valence-corrected chi connectivity index (χ1v) is 9.99. The van der Waals surface area contributed by atoms with Crippen molar-refractivity contribution in [2.75, 3.05) is 32.9 Å². The molecule has 1 aliphatic rings. The SMILES string of the molecule is CCCCOCCCNC(=NCc1ccnc(OCC2CC2)c1)NCC.I. The molecule has 1 aromatic heterocycles. The minimum absolute atomic E-state index is 0. The Morgan fingerprint density at radius 2 is 2.04 bits per heavy atom. The molecule has 0 spiro atoms. The quantitative estimate of drug-likeness (QED) is 0.191. The van der Waals surface area contributed by atoms with Crippen molar-refractivity contribution in [2.45, 2.75) is 52.5 Å². The lowest BCUT2D eigenvalue weighted by Gasteiger charge is -2.11. The Morgan fingerprint density at radius 1 is 1.22 bits per heavy atom. The van der Waals surface area contributed by atoms with Crippen molar-refractivity contribution < 1.29 is 9.47 Å². The van der Waals surface area contributed by atoms with Gasteiger partial charge in [-0.15, -0.1) is 24.0 Å². The monoisotopic (exact) mass is 490 g/mol. The van der Waals surface area contributed by atoms with Gasteiger partial charge in [-0.1, -0.05) is 13.3 Å². The van der Waals surface area contributed by atoms with E-state index in [0.29, 0.717) is 12.4 Å². The third kappa shape index (κ3) is 11.4. The van der Waals surface area contributed by atoms with Gasteiger partial charge in [-0.2, -0.15) is 0 Å². The Bertz CT molecular complexity index is 538. The van der Waals surface area contributed by atoms with Gasteiger partial charge < -0.3 is 20.1 Å². The number of rotatable bonds is 13. The molecule has 0 amide bonds. The molecule has 27 heavy (non-hydrogen) atoms. The van der Waals surface area contributed by atoms with Crippen LogP contribution < -0.4 is 15.4 Å². The second-order valence-electron chi connectivity index (χ2n) is 6.70. The van der Waals surface area contributed by atoms with E-state index in [4.69, 9.17) is 9.47 Å². The molecule has 6 nitrogen and oxygen atoms in total. The fourth-order valence-electron chi connectivity index (χ4n) is 2.36. The number of guanidine groups is 1. The second kappa shape index (κ2) is 14.9. The number of pyridine rings is 1. The molecule has 0 aliphatic heterocycles. The summed E-state index contributed by atoms with van der Waals surface area (Å²) in [7, 11) is 0. The zero-order chi connectivity index (χ0) is 18.5. The fourth-order valence-corrected chi connectivity index (χ4v) is 2.36. The largest absolute Gasteiger partial charge is 0.477 e. The van der Waals surface area contributed by atoms with Gasteiger partial charge in [0.05, 0.1) is 13.2 Å². The van der Waals surface area contributed by atoms with Gasteiger partial charge in [0, 0.05) is 38.6 Å². The third-order valence-electron chi connectivity index (χ3n) is 4.13. The summed E-state index contributed by atoms with van der Waals surface area (Å²) in [5.41, 5.74) is 1.10. The third-order valence-corrected chi connectivity index (χ3v) is 4.13. The van der Waals surface area contributed by atoms with Crippen molar-refractivity contribution in [1.29, 1.82) is 0 Å². The highest BCUT2D eigenvalue weighted by atomic mass is 127. The molecule has 1 saturated carbocycles. The van der Waals surface area contributed by atoms with Crippen LogP contribution in [0.4, 0.5) is 0 Å². The topological polar surface area (TPSA) is 67.8 Å². The van der Waals surface area contributed by atoms with Crippen LogP contribution in [0.1, 0.15) is 51.5 Å². The van der Waals surface area contributed by atoms with Gasteiger partial charge in [-0.3, -0.25) is 0 Å². The summed E-state index contributed by atoms with van der Waals surface area (Å²) in [6.45, 7) is 8.97. The molecule has 1 aliphatic carbocycles. The average molecular weight is 490 g/mol. The summed E-state index contributed by atoms with van der Waals surface area (Å²) < 4.78 is 11.3. The molecule has 2 N–H and O–H groups in total. The maximum absolute atomic E-state index is 5.74. The van der Waals surface area contributed by atoms with Crippen LogP contribution in [-0.4, -0.2) is 43.9 Å². The standard InChI is InChI=1S/C20H34N4O2.HI/c1-3-5-12-25-13-6-10-23-20(21-4-2)24-15-18-9-11-22-19(14-18)26-16-17-7-8-17;/h9,11,14,17H,3-8,10,12-13,15-16H2,1-2H3,(H2,21,23,24);1H. The molecule has 0 saturated heterocycles. The molecule has 0 aromatic carbocycles. The minimum atomic E-state index is 0. The molecular weight excluding hydrogens is 455 g/mol. The smallest absolute Gasteiger partial charge is 0.213 e. The Morgan fingerprint density at radius 3 is 2.78 bits per heavy atom. The van der Waals surface area contributed by atoms with E-state index in [1.165, 1.54) is 19.3 Å². The molecular formula is C20H35IN4O2. The lowest BCUT2D eigenvalue weighted by molar-refractivity contribution is 0.129. The summed E-state index contributed by atoms with van der Waals surface area (Å²) in [6.07, 6.45) is 7.65. The highest BCUT2D eigenvalue weighted by molar-refractivity contribution is 14.0. The normalized spacial score (nSPS) is 13.8. The summed E-state index contributed by atoms with van der Waals surface area (Å²) >= 11 is 0. The van der Waals surface area contributed by atoms with Crippen LogP contribution in [0.2, 0.25) is 0 Å². The number of hydrogen-bond donors (Lipinski definition) is 2. The maximum atomic E-state index is 5.74. The van der Waals surface area contributed by atoms with E-state index < -0.39 is 0 Å². The van der Waals surface area contributed by atoms with Crippen LogP contribution in [0.25, 0.3) is 0 Å². The summed E-state index contributed by atoms with van der Waals surface area (Å²) in [4.78, 5) is 8.93. The predicted molar refractivity (Wildman–Crippen MR) is 121 cm³/mol. The first kappa shape index (κ1) is 23.9. The van der Waals surface area contributed by atoms with Crippen molar-refractivity contribution >= 4 is 29.9 Å². The zero-order valence-electron chi connectivity index (χ0n) is 16.7. The summed E-state index contributed by atoms with van der Waals surface area (Å²) in [6, 6.07) is 3.97. The molecule has 154 valence electrons. The van der Waals surface area contributed by atoms with Crippen molar-refractivity contribution in [2.24, 2.45) is 10.9 Å². The van der Waals surface area contributed by atoms with Crippen molar-refractivity contribution in [3.8, 4) is 5.88 Å². The molecule has 1 fully saturated rings. The number of halogens is 1. The highest BCUT2D eigenvalue weighted by Crippen LogP contribution is 2.29. The van der Waals surface area contributed by atoms with Gasteiger partial charge in [0.2, 0.25) is 5.88 Å². The van der Waals surface area contributed by atoms with Gasteiger partial charge in [0.1, 0.15) is 0 Å². The molecule has 0 unspecified atom stereocenters. The van der Waals surface area contributed by atoms with E-state index in [1.807, 2.05) is 12.1 Å². The lowest BCUT2D eigenvalue weighted by Crippen LogP contribution is -2.38. The van der Waals surface area contributed by atoms with Crippen LogP contribution in [0.3, 0.4) is 0 Å². The van der Waals surface area contributed by atoms with E-state index in [0.717, 1.165) is 63.2 Å². The van der Waals surface area contributed by atoms with E-state index >= 15 is 0 Å². The van der Waals surface area contributed by atoms with E-state index in [1.54, 1.807) is 6.20 Å². The molecule has 1 aromatic rings. The van der Waals surface area contributed by atoms with Crippen LogP contribution in [0, 0.1) is 5.92 Å². The summed E-state index contributed by atoms with van der Waals surface area (Å²) in [5.74, 6) is 2.26. The number of nitrogens with one attached hydrogen (secondary N) is 2. The summed E-state index contributed by atoms with van der Waals surface area (Å²) in [5, 5.41) is 6.64. The number of ether oxygens (including phenoxy) is 2. The lowest BCUT2D eigenvalue weighted by atomic mass is 10.3. The number of nitrogens with zero attached hydrogens (tertiary/aromatic N) is 2. The van der Waals surface area contributed by atoms with Crippen molar-refractivity contribution in [3.05, 3.63) is 23.9 Å². The first-order valence-electron chi connectivity index (χ1n) is 9.99. The van der Waals surface area contributed by atoms with Gasteiger partial charge in [-0.05, 0) is 50.2 Å². The molecule has 0 radical (unpaired) electrons. The van der Waals surface area contributed by atoms with Crippen LogP contribution >= 0.6 is 24.0 Å². The predicted octanol–water partition coefficient (Wildman–Crippen LogP) is 3.75. The van der Waals surface area contributed by atoms with Crippen LogP contribution in [-0.2, 0) is 11.3 Å². The second-order valence-corrected chi connectivity index (χ2v) is 6.70. The number of hydrogen-bond acceptors (Lipinski definition) is 4. The van der Waals surface area contributed by atoms with Gasteiger partial charge in [0.15, 0.2) is 5.96 Å². The number of aromatic nitrogens is 1. The Hall–Kier alpha value is -1.09. The highest BCUT2D eigenvalue weighted by Gasteiger charge is 2.22. The van der Waals surface area contributed by atoms with E-state index in [2.05, 4.69) is 34.5 Å². The number of aliphatic imine (C=N–C) groups is 1. The maximum Gasteiger partial charge on any atom is 0.213 e. The fraction of sp³-hybridized carbons (Fsp3) is 0.700. The molecule has 1 heterocycles. The molecule has 2 rings (SSSR count). The Kier molecular flexibility index (Phi) is 13.2. The van der Waals surface area contributed by atoms with Gasteiger partial charge in [0.25, 0.3) is 0 Å². The van der Waals surface area contributed by atoms with Gasteiger partial charge in [-0.25, -0.2) is 9.98 Å². The molecule has 7 heteroatoms. The first-order chi connectivity index (χ1) is 12.8. The Balaban J connectivity index is 0.00000364. The van der Waals surface area contributed by atoms with Crippen LogP contribution in [0.5, 0.6) is 5.88 Å². The number of unbranched alkanes of at least 4 members (excludes halogenated alkanes) is 1.